The molecule has 0 aliphatic carbocycles. The molecule has 0 radical (unpaired) electrons. The van der Waals surface area contributed by atoms with Gasteiger partial charge >= 0.3 is 5.97 Å². The summed E-state index contributed by atoms with van der Waals surface area (Å²) >= 11 is 0. The molecule has 0 amide bonds. The maximum Gasteiger partial charge on any atom is 0.305 e. The van der Waals surface area contributed by atoms with Gasteiger partial charge in [-0.2, -0.15) is 0 Å². The first kappa shape index (κ1) is 15.3. The number of benzene rings is 1. The highest BCUT2D eigenvalue weighted by Crippen LogP contribution is 2.19. The quantitative estimate of drug-likeness (QED) is 0.814. The van der Waals surface area contributed by atoms with Crippen molar-refractivity contribution in [2.75, 3.05) is 0 Å². The minimum atomic E-state index is -3.68. The zero-order valence-corrected chi connectivity index (χ0v) is 11.9. The van der Waals surface area contributed by atoms with Crippen LogP contribution in [0.2, 0.25) is 0 Å². The second-order valence-corrected chi connectivity index (χ2v) is 6.28. The molecule has 7 heteroatoms. The van der Waals surface area contributed by atoms with Gasteiger partial charge < -0.3 is 9.52 Å². The topological polar surface area (TPSA) is 96.6 Å². The largest absolute Gasteiger partial charge is 0.481 e. The summed E-state index contributed by atoms with van der Waals surface area (Å²) in [4.78, 5) is 10.9. The van der Waals surface area contributed by atoms with Crippen LogP contribution in [-0.2, 0) is 20.6 Å². The highest BCUT2D eigenvalue weighted by atomic mass is 32.2. The highest BCUT2D eigenvalue weighted by Gasteiger charge is 2.24. The molecule has 0 aliphatic heterocycles. The van der Waals surface area contributed by atoms with E-state index in [1.54, 1.807) is 42.5 Å². The molecule has 112 valence electrons. The molecule has 0 aliphatic rings. The van der Waals surface area contributed by atoms with Gasteiger partial charge in [0.15, 0.2) is 0 Å². The predicted octanol–water partition coefficient (Wildman–Crippen LogP) is 1.91. The van der Waals surface area contributed by atoms with Crippen molar-refractivity contribution in [3.05, 3.63) is 60.1 Å². The molecule has 0 saturated heterocycles. The van der Waals surface area contributed by atoms with Crippen molar-refractivity contribution in [3.8, 4) is 0 Å². The van der Waals surface area contributed by atoms with Crippen molar-refractivity contribution < 1.29 is 22.7 Å². The third-order valence-electron chi connectivity index (χ3n) is 2.79. The van der Waals surface area contributed by atoms with Crippen LogP contribution < -0.4 is 4.72 Å². The molecular formula is C14H15NO5S. The normalized spacial score (nSPS) is 13.0. The lowest BCUT2D eigenvalue weighted by molar-refractivity contribution is -0.137. The van der Waals surface area contributed by atoms with Gasteiger partial charge in [-0.25, -0.2) is 13.1 Å². The first-order valence-electron chi connectivity index (χ1n) is 6.25. The van der Waals surface area contributed by atoms with Crippen LogP contribution in [-0.4, -0.2) is 19.5 Å². The van der Waals surface area contributed by atoms with Crippen LogP contribution in [0.15, 0.2) is 53.1 Å². The molecule has 2 aromatic rings. The molecule has 21 heavy (non-hydrogen) atoms. The van der Waals surface area contributed by atoms with Crippen molar-refractivity contribution in [3.63, 3.8) is 0 Å². The summed E-state index contributed by atoms with van der Waals surface area (Å²) in [7, 11) is -3.68. The summed E-state index contributed by atoms with van der Waals surface area (Å²) in [6.45, 7) is 0. The van der Waals surface area contributed by atoms with E-state index < -0.39 is 22.0 Å². The highest BCUT2D eigenvalue weighted by molar-refractivity contribution is 7.88. The van der Waals surface area contributed by atoms with E-state index in [0.717, 1.165) is 0 Å². The third-order valence-corrected chi connectivity index (χ3v) is 4.14. The SMILES string of the molecule is O=C(O)CC(NS(=O)(=O)Cc1ccccc1)c1ccco1. The zero-order chi connectivity index (χ0) is 15.3. The van der Waals surface area contributed by atoms with E-state index >= 15 is 0 Å². The molecule has 6 nitrogen and oxygen atoms in total. The summed E-state index contributed by atoms with van der Waals surface area (Å²) in [5.41, 5.74) is 0.624. The van der Waals surface area contributed by atoms with Crippen LogP contribution in [0, 0.1) is 0 Å². The predicted molar refractivity (Wildman–Crippen MR) is 75.9 cm³/mol. The second-order valence-electron chi connectivity index (χ2n) is 4.53. The van der Waals surface area contributed by atoms with Crippen LogP contribution in [0.3, 0.4) is 0 Å². The van der Waals surface area contributed by atoms with E-state index in [1.807, 2.05) is 0 Å². The molecule has 2 rings (SSSR count). The molecule has 0 bridgehead atoms. The minimum absolute atomic E-state index is 0.218. The molecule has 1 aromatic heterocycles. The van der Waals surface area contributed by atoms with Crippen LogP contribution in [0.1, 0.15) is 23.8 Å². The molecule has 1 aromatic carbocycles. The summed E-state index contributed by atoms with van der Waals surface area (Å²) in [6, 6.07) is 10.9. The Balaban J connectivity index is 2.13. The number of rotatable bonds is 7. The molecule has 1 atom stereocenters. The maximum absolute atomic E-state index is 12.1. The number of nitrogens with one attached hydrogen (secondary N) is 1. The van der Waals surface area contributed by atoms with E-state index in [0.29, 0.717) is 5.56 Å². The van der Waals surface area contributed by atoms with Crippen LogP contribution in [0.4, 0.5) is 0 Å². The first-order valence-corrected chi connectivity index (χ1v) is 7.90. The monoisotopic (exact) mass is 309 g/mol. The fourth-order valence-electron chi connectivity index (χ4n) is 1.92. The summed E-state index contributed by atoms with van der Waals surface area (Å²) in [5, 5.41) is 8.89. The number of carboxylic acids is 1. The Morgan fingerprint density at radius 3 is 2.48 bits per heavy atom. The average Bonchev–Trinajstić information content (AvgIpc) is 2.91. The number of carbonyl (C=O) groups is 1. The van der Waals surface area contributed by atoms with Gasteiger partial charge in [-0.3, -0.25) is 4.79 Å². The van der Waals surface area contributed by atoms with Crippen LogP contribution in [0.5, 0.6) is 0 Å². The van der Waals surface area contributed by atoms with Crippen LogP contribution >= 0.6 is 0 Å². The maximum atomic E-state index is 12.1. The lowest BCUT2D eigenvalue weighted by atomic mass is 10.2. The summed E-state index contributed by atoms with van der Waals surface area (Å²) < 4.78 is 31.8. The number of carboxylic acid groups (broad SMARTS) is 1. The number of hydrogen-bond donors (Lipinski definition) is 2. The fourth-order valence-corrected chi connectivity index (χ4v) is 3.26. The number of furan rings is 1. The second kappa shape index (κ2) is 6.55. The van der Waals surface area contributed by atoms with Crippen molar-refractivity contribution in [1.29, 1.82) is 0 Å². The molecular weight excluding hydrogens is 294 g/mol. The standard InChI is InChI=1S/C14H15NO5S/c16-14(17)9-12(13-7-4-8-20-13)15-21(18,19)10-11-5-2-1-3-6-11/h1-8,12,15H,9-10H2,(H,16,17). The van der Waals surface area contributed by atoms with E-state index in [4.69, 9.17) is 9.52 Å². The Morgan fingerprint density at radius 2 is 1.90 bits per heavy atom. The molecule has 0 spiro atoms. The Bertz CT molecular complexity index is 679. The van der Waals surface area contributed by atoms with Gasteiger partial charge in [-0.05, 0) is 17.7 Å². The van der Waals surface area contributed by atoms with Gasteiger partial charge in [0.25, 0.3) is 0 Å². The van der Waals surface area contributed by atoms with Crippen molar-refractivity contribution in [2.24, 2.45) is 0 Å². The average molecular weight is 309 g/mol. The first-order chi connectivity index (χ1) is 9.96. The van der Waals surface area contributed by atoms with E-state index in [9.17, 15) is 13.2 Å². The lowest BCUT2D eigenvalue weighted by Crippen LogP contribution is -2.31. The van der Waals surface area contributed by atoms with E-state index in [2.05, 4.69) is 4.72 Å². The summed E-state index contributed by atoms with van der Waals surface area (Å²) in [5.74, 6) is -1.06. The van der Waals surface area contributed by atoms with Gasteiger partial charge in [-0.15, -0.1) is 0 Å². The molecule has 0 saturated carbocycles. The Hall–Kier alpha value is -2.12. The number of hydrogen-bond acceptors (Lipinski definition) is 4. The lowest BCUT2D eigenvalue weighted by Gasteiger charge is -2.15. The molecule has 1 unspecified atom stereocenters. The Labute approximate surface area is 122 Å². The van der Waals surface area contributed by atoms with Gasteiger partial charge in [0.05, 0.1) is 24.5 Å². The minimum Gasteiger partial charge on any atom is -0.481 e. The smallest absolute Gasteiger partial charge is 0.305 e. The van der Waals surface area contributed by atoms with Crippen LogP contribution in [0.25, 0.3) is 0 Å². The molecule has 1 heterocycles. The van der Waals surface area contributed by atoms with E-state index in [-0.39, 0.29) is 17.9 Å². The molecule has 0 fully saturated rings. The third kappa shape index (κ3) is 4.73. The number of aliphatic carboxylic acids is 1. The van der Waals surface area contributed by atoms with Gasteiger partial charge in [0.2, 0.25) is 10.0 Å². The van der Waals surface area contributed by atoms with Gasteiger partial charge in [0.1, 0.15) is 5.76 Å². The Kier molecular flexibility index (Phi) is 4.77. The van der Waals surface area contributed by atoms with Crippen molar-refractivity contribution >= 4 is 16.0 Å². The Morgan fingerprint density at radius 1 is 1.19 bits per heavy atom. The van der Waals surface area contributed by atoms with Crippen molar-refractivity contribution in [2.45, 2.75) is 18.2 Å². The fraction of sp³-hybridized carbons (Fsp3) is 0.214. The van der Waals surface area contributed by atoms with Crippen molar-refractivity contribution in [1.82, 2.24) is 4.72 Å². The zero-order valence-electron chi connectivity index (χ0n) is 11.1. The number of sulfonamides is 1. The summed E-state index contributed by atoms with van der Waals surface area (Å²) in [6.07, 6.45) is 0.983. The van der Waals surface area contributed by atoms with Gasteiger partial charge in [0, 0.05) is 0 Å². The van der Waals surface area contributed by atoms with E-state index in [1.165, 1.54) is 6.26 Å². The molecule has 2 N–H and O–H groups in total. The van der Waals surface area contributed by atoms with Gasteiger partial charge in [-0.1, -0.05) is 30.3 Å².